The van der Waals surface area contributed by atoms with Crippen molar-refractivity contribution in [2.75, 3.05) is 13.1 Å². The second-order valence-electron chi connectivity index (χ2n) is 7.26. The van der Waals surface area contributed by atoms with Crippen molar-refractivity contribution in [3.63, 3.8) is 0 Å². The molecule has 1 saturated heterocycles. The molecule has 2 heterocycles. The second kappa shape index (κ2) is 6.12. The molecule has 2 aromatic carbocycles. The first kappa shape index (κ1) is 16.9. The number of H-pyrrole nitrogens is 1. The number of hydrogen-bond acceptors (Lipinski definition) is 2. The second-order valence-corrected chi connectivity index (χ2v) is 7.26. The van der Waals surface area contributed by atoms with Crippen LogP contribution >= 0.6 is 0 Å². The van der Waals surface area contributed by atoms with Crippen molar-refractivity contribution in [2.24, 2.45) is 0 Å². The van der Waals surface area contributed by atoms with E-state index in [4.69, 9.17) is 0 Å². The van der Waals surface area contributed by atoms with E-state index in [1.165, 1.54) is 24.3 Å². The molecule has 1 aromatic heterocycles. The molecular weight excluding hydrogens is 360 g/mol. The number of benzene rings is 2. The molecule has 0 radical (unpaired) electrons. The Kier molecular flexibility index (Phi) is 3.69. The Morgan fingerprint density at radius 1 is 1.04 bits per heavy atom. The molecule has 0 spiro atoms. The van der Waals surface area contributed by atoms with Gasteiger partial charge >= 0.3 is 0 Å². The maximum absolute atomic E-state index is 14.0. The first-order valence-electron chi connectivity index (χ1n) is 9.15. The molecule has 2 aliphatic rings. The first-order chi connectivity index (χ1) is 13.6. The fourth-order valence-corrected chi connectivity index (χ4v) is 3.93. The largest absolute Gasteiger partial charge is 0.334 e. The van der Waals surface area contributed by atoms with E-state index in [2.05, 4.69) is 10.2 Å². The monoisotopic (exact) mass is 377 g/mol. The zero-order valence-electron chi connectivity index (χ0n) is 15.0. The van der Waals surface area contributed by atoms with Gasteiger partial charge in [-0.15, -0.1) is 0 Å². The molecule has 140 valence electrons. The maximum Gasteiger partial charge on any atom is 0.275 e. The number of carbonyl (C=O) groups is 1. The Morgan fingerprint density at radius 2 is 1.68 bits per heavy atom. The molecule has 0 bridgehead atoms. The number of nitrogens with zero attached hydrogens (tertiary/aromatic N) is 2. The highest BCUT2D eigenvalue weighted by atomic mass is 19.1. The third kappa shape index (κ3) is 2.64. The van der Waals surface area contributed by atoms with Gasteiger partial charge in [0.05, 0.1) is 0 Å². The van der Waals surface area contributed by atoms with Gasteiger partial charge in [-0.2, -0.15) is 5.10 Å². The van der Waals surface area contributed by atoms with Crippen LogP contribution < -0.4 is 0 Å². The number of halogens is 2. The standard InChI is InChI=1S/C22H17F2N3O/c23-16-5-1-3-14(11-16)22(15-4-2-6-17(24)12-15)8-7-18-19(13-22)25-26-20(18)21(28)27-9-10-27/h1-8,11-12H,9-10,13H2,(H,25,26). The topological polar surface area (TPSA) is 48.8 Å². The lowest BCUT2D eigenvalue weighted by molar-refractivity contribution is 0.0880. The van der Waals surface area contributed by atoms with Crippen LogP contribution in [0, 0.1) is 11.6 Å². The lowest BCUT2D eigenvalue weighted by atomic mass is 9.68. The Labute approximate surface area is 160 Å². The SMILES string of the molecule is O=C(c1n[nH]c2c1C=CC(c1cccc(F)c1)(c1cccc(F)c1)C2)N1CC1. The van der Waals surface area contributed by atoms with Gasteiger partial charge < -0.3 is 4.90 Å². The molecule has 1 amide bonds. The number of carbonyl (C=O) groups excluding carboxylic acids is 1. The Morgan fingerprint density at radius 3 is 2.25 bits per heavy atom. The Balaban J connectivity index is 1.66. The number of aromatic nitrogens is 2. The zero-order chi connectivity index (χ0) is 19.3. The minimum Gasteiger partial charge on any atom is -0.334 e. The van der Waals surface area contributed by atoms with Gasteiger partial charge in [-0.05, 0) is 35.4 Å². The molecule has 1 fully saturated rings. The first-order valence-corrected chi connectivity index (χ1v) is 9.15. The Bertz CT molecular complexity index is 1070. The molecule has 28 heavy (non-hydrogen) atoms. The number of nitrogens with one attached hydrogen (secondary N) is 1. The number of rotatable bonds is 3. The van der Waals surface area contributed by atoms with Crippen molar-refractivity contribution >= 4 is 12.0 Å². The summed E-state index contributed by atoms with van der Waals surface area (Å²) in [6, 6.07) is 12.7. The summed E-state index contributed by atoms with van der Waals surface area (Å²) in [5.74, 6) is -0.796. The van der Waals surface area contributed by atoms with Gasteiger partial charge in [0, 0.05) is 36.2 Å². The minimum absolute atomic E-state index is 0.0915. The number of hydrogen-bond donors (Lipinski definition) is 1. The van der Waals surface area contributed by atoms with E-state index in [-0.39, 0.29) is 17.5 Å². The highest BCUT2D eigenvalue weighted by Crippen LogP contribution is 2.42. The maximum atomic E-state index is 14.0. The van der Waals surface area contributed by atoms with Gasteiger partial charge in [0.25, 0.3) is 5.91 Å². The molecule has 4 nitrogen and oxygen atoms in total. The van der Waals surface area contributed by atoms with Crippen LogP contribution in [-0.2, 0) is 11.8 Å². The van der Waals surface area contributed by atoms with Crippen molar-refractivity contribution in [3.05, 3.63) is 94.3 Å². The summed E-state index contributed by atoms with van der Waals surface area (Å²) >= 11 is 0. The number of amides is 1. The van der Waals surface area contributed by atoms with Crippen LogP contribution in [0.3, 0.4) is 0 Å². The summed E-state index contributed by atoms with van der Waals surface area (Å²) in [7, 11) is 0. The van der Waals surface area contributed by atoms with Crippen LogP contribution in [0.5, 0.6) is 0 Å². The summed E-state index contributed by atoms with van der Waals surface area (Å²) in [6.07, 6.45) is 4.19. The van der Waals surface area contributed by atoms with E-state index >= 15 is 0 Å². The summed E-state index contributed by atoms with van der Waals surface area (Å²) in [6.45, 7) is 1.50. The summed E-state index contributed by atoms with van der Waals surface area (Å²) in [5.41, 5.74) is 2.60. The van der Waals surface area contributed by atoms with E-state index in [9.17, 15) is 13.6 Å². The highest BCUT2D eigenvalue weighted by Gasteiger charge is 2.39. The fraction of sp³-hybridized carbons (Fsp3) is 0.182. The molecule has 0 unspecified atom stereocenters. The molecular formula is C22H17F2N3O. The molecule has 1 aliphatic heterocycles. The van der Waals surface area contributed by atoms with E-state index in [1.54, 1.807) is 17.0 Å². The molecule has 3 aromatic rings. The van der Waals surface area contributed by atoms with Crippen LogP contribution in [-0.4, -0.2) is 34.1 Å². The van der Waals surface area contributed by atoms with Gasteiger partial charge in [0.2, 0.25) is 0 Å². The van der Waals surface area contributed by atoms with Crippen molar-refractivity contribution in [2.45, 2.75) is 11.8 Å². The molecule has 0 saturated carbocycles. The predicted molar refractivity (Wildman–Crippen MR) is 101 cm³/mol. The fourth-order valence-electron chi connectivity index (χ4n) is 3.93. The Hall–Kier alpha value is -3.28. The van der Waals surface area contributed by atoms with E-state index in [1.807, 2.05) is 24.3 Å². The molecule has 0 atom stereocenters. The highest BCUT2D eigenvalue weighted by molar-refractivity contribution is 5.97. The number of aromatic amines is 1. The predicted octanol–water partition coefficient (Wildman–Crippen LogP) is 3.70. The van der Waals surface area contributed by atoms with Crippen LogP contribution in [0.4, 0.5) is 8.78 Å². The molecule has 5 rings (SSSR count). The van der Waals surface area contributed by atoms with Crippen molar-refractivity contribution in [1.82, 2.24) is 15.1 Å². The number of fused-ring (bicyclic) bond motifs is 1. The van der Waals surface area contributed by atoms with Crippen molar-refractivity contribution < 1.29 is 13.6 Å². The quantitative estimate of drug-likeness (QED) is 0.708. The summed E-state index contributed by atoms with van der Waals surface area (Å²) in [5, 5.41) is 7.21. The summed E-state index contributed by atoms with van der Waals surface area (Å²) < 4.78 is 28.0. The smallest absolute Gasteiger partial charge is 0.275 e. The zero-order valence-corrected chi connectivity index (χ0v) is 15.0. The average molecular weight is 377 g/mol. The van der Waals surface area contributed by atoms with E-state index in [0.29, 0.717) is 23.2 Å². The van der Waals surface area contributed by atoms with Gasteiger partial charge in [0.1, 0.15) is 11.6 Å². The lowest BCUT2D eigenvalue weighted by Gasteiger charge is -2.34. The molecule has 6 heteroatoms. The van der Waals surface area contributed by atoms with E-state index < -0.39 is 5.41 Å². The number of allylic oxidation sites excluding steroid dienone is 1. The van der Waals surface area contributed by atoms with Crippen LogP contribution in [0.15, 0.2) is 54.6 Å². The third-order valence-corrected chi connectivity index (χ3v) is 5.49. The van der Waals surface area contributed by atoms with Crippen LogP contribution in [0.1, 0.15) is 32.9 Å². The normalized spacial score (nSPS) is 16.7. The molecule has 1 N–H and O–H groups in total. The van der Waals surface area contributed by atoms with Gasteiger partial charge in [0.15, 0.2) is 5.69 Å². The lowest BCUT2D eigenvalue weighted by Crippen LogP contribution is -2.31. The van der Waals surface area contributed by atoms with Crippen LogP contribution in [0.2, 0.25) is 0 Å². The van der Waals surface area contributed by atoms with Crippen LogP contribution in [0.25, 0.3) is 6.08 Å². The van der Waals surface area contributed by atoms with Gasteiger partial charge in [-0.1, -0.05) is 36.4 Å². The van der Waals surface area contributed by atoms with Gasteiger partial charge in [-0.25, -0.2) is 8.78 Å². The van der Waals surface area contributed by atoms with Crippen molar-refractivity contribution in [1.29, 1.82) is 0 Å². The summed E-state index contributed by atoms with van der Waals surface area (Å²) in [4.78, 5) is 14.2. The third-order valence-electron chi connectivity index (χ3n) is 5.49. The molecule has 1 aliphatic carbocycles. The average Bonchev–Trinajstić information content (AvgIpc) is 3.47. The minimum atomic E-state index is -0.760. The van der Waals surface area contributed by atoms with E-state index in [0.717, 1.165) is 24.3 Å². The van der Waals surface area contributed by atoms with Crippen molar-refractivity contribution in [3.8, 4) is 0 Å². The van der Waals surface area contributed by atoms with Gasteiger partial charge in [-0.3, -0.25) is 9.89 Å².